The molecule has 4 N–H and O–H groups in total. The second kappa shape index (κ2) is 8.36. The maximum Gasteiger partial charge on any atom is 0.202 e. The molecule has 0 radical (unpaired) electrons. The van der Waals surface area contributed by atoms with Crippen LogP contribution in [0.25, 0.3) is 0 Å². The maximum absolute atomic E-state index is 12.1. The molecule has 28 heavy (non-hydrogen) atoms. The topological polar surface area (TPSA) is 139 Å². The van der Waals surface area contributed by atoms with Gasteiger partial charge >= 0.3 is 0 Å². The largest absolute Gasteiger partial charge is 0.489 e. The van der Waals surface area contributed by atoms with Gasteiger partial charge < -0.3 is 20.9 Å². The Kier molecular flexibility index (Phi) is 6.37. The van der Waals surface area contributed by atoms with E-state index in [1.165, 1.54) is 36.4 Å². The van der Waals surface area contributed by atoms with E-state index >= 15 is 0 Å². The minimum Gasteiger partial charge on any atom is -0.489 e. The number of rotatable bonds is 9. The van der Waals surface area contributed by atoms with Gasteiger partial charge in [-0.05, 0) is 36.4 Å². The highest BCUT2D eigenvalue weighted by atomic mass is 32.2. The van der Waals surface area contributed by atoms with Gasteiger partial charge in [0.1, 0.15) is 34.5 Å². The van der Waals surface area contributed by atoms with E-state index in [-0.39, 0.29) is 45.9 Å². The van der Waals surface area contributed by atoms with Crippen molar-refractivity contribution in [2.24, 2.45) is 0 Å². The average molecular weight is 425 g/mol. The van der Waals surface area contributed by atoms with Crippen molar-refractivity contribution in [3.63, 3.8) is 0 Å². The SMILES string of the molecule is C=CS(=O)(=O)c1cc(N)ccc1OCCOc1ccc(N)cc1S(=O)(=O)C=C. The number of sulfone groups is 2. The summed E-state index contributed by atoms with van der Waals surface area (Å²) in [6.07, 6.45) is 0. The third-order valence-electron chi connectivity index (χ3n) is 3.59. The van der Waals surface area contributed by atoms with Gasteiger partial charge in [0.05, 0.1) is 0 Å². The molecule has 0 saturated heterocycles. The highest BCUT2D eigenvalue weighted by Crippen LogP contribution is 2.29. The van der Waals surface area contributed by atoms with Crippen LogP contribution in [0, 0.1) is 0 Å². The summed E-state index contributed by atoms with van der Waals surface area (Å²) >= 11 is 0. The molecule has 0 unspecified atom stereocenters. The number of benzene rings is 2. The quantitative estimate of drug-likeness (QED) is 0.461. The van der Waals surface area contributed by atoms with Crippen molar-refractivity contribution in [1.82, 2.24) is 0 Å². The molecule has 150 valence electrons. The fourth-order valence-corrected chi connectivity index (χ4v) is 3.99. The molecular weight excluding hydrogens is 404 g/mol. The van der Waals surface area contributed by atoms with Gasteiger partial charge in [0.25, 0.3) is 0 Å². The minimum atomic E-state index is -3.76. The van der Waals surface area contributed by atoms with Crippen molar-refractivity contribution in [3.8, 4) is 11.5 Å². The predicted molar refractivity (Wildman–Crippen MR) is 107 cm³/mol. The molecule has 10 heteroatoms. The Morgan fingerprint density at radius 3 is 1.43 bits per heavy atom. The summed E-state index contributed by atoms with van der Waals surface area (Å²) in [7, 11) is -7.52. The number of hydrogen-bond acceptors (Lipinski definition) is 8. The second-order valence-corrected chi connectivity index (χ2v) is 9.26. The van der Waals surface area contributed by atoms with Crippen LogP contribution >= 0.6 is 0 Å². The Bertz CT molecular complexity index is 1020. The van der Waals surface area contributed by atoms with Crippen LogP contribution < -0.4 is 20.9 Å². The third-order valence-corrected chi connectivity index (χ3v) is 6.33. The molecule has 0 fully saturated rings. The fraction of sp³-hybridized carbons (Fsp3) is 0.111. The Hall–Kier alpha value is -2.98. The number of hydrogen-bond donors (Lipinski definition) is 2. The van der Waals surface area contributed by atoms with Gasteiger partial charge in [-0.3, -0.25) is 0 Å². The van der Waals surface area contributed by atoms with Crippen molar-refractivity contribution in [2.75, 3.05) is 24.7 Å². The first-order valence-corrected chi connectivity index (χ1v) is 11.0. The molecular formula is C18H20N2O6S2. The first-order valence-electron chi connectivity index (χ1n) is 7.90. The average Bonchev–Trinajstić information content (AvgIpc) is 2.66. The van der Waals surface area contributed by atoms with Crippen LogP contribution in [-0.2, 0) is 19.7 Å². The molecule has 0 aliphatic rings. The van der Waals surface area contributed by atoms with Gasteiger partial charge in [-0.25, -0.2) is 16.8 Å². The molecule has 0 aliphatic carbocycles. The summed E-state index contributed by atoms with van der Waals surface area (Å²) < 4.78 is 59.3. The Morgan fingerprint density at radius 2 is 1.11 bits per heavy atom. The molecule has 2 aromatic rings. The van der Waals surface area contributed by atoms with Crippen molar-refractivity contribution < 1.29 is 26.3 Å². The Labute approximate surface area is 163 Å². The highest BCUT2D eigenvalue weighted by molar-refractivity contribution is 7.94. The van der Waals surface area contributed by atoms with Crippen LogP contribution in [0.2, 0.25) is 0 Å². The standard InChI is InChI=1S/C18H20N2O6S2/c1-3-27(21,22)17-11-13(19)5-7-15(17)25-9-10-26-16-8-6-14(20)12-18(16)28(23,24)4-2/h3-8,11-12H,1-2,9-10,19-20H2. The van der Waals surface area contributed by atoms with Crippen LogP contribution in [0.1, 0.15) is 0 Å². The van der Waals surface area contributed by atoms with E-state index in [0.29, 0.717) is 0 Å². The molecule has 0 atom stereocenters. The molecule has 0 bridgehead atoms. The number of nitrogens with two attached hydrogens (primary N) is 2. The van der Waals surface area contributed by atoms with E-state index in [1.807, 2.05) is 0 Å². The fourth-order valence-electron chi connectivity index (χ4n) is 2.22. The molecule has 0 aliphatic heterocycles. The summed E-state index contributed by atoms with van der Waals surface area (Å²) in [6.45, 7) is 6.45. The molecule has 0 amide bonds. The van der Waals surface area contributed by atoms with Gasteiger partial charge in [0.2, 0.25) is 19.7 Å². The van der Waals surface area contributed by atoms with Gasteiger partial charge in [0, 0.05) is 22.2 Å². The monoisotopic (exact) mass is 424 g/mol. The molecule has 2 rings (SSSR count). The summed E-state index contributed by atoms with van der Waals surface area (Å²) in [5.41, 5.74) is 11.8. The van der Waals surface area contributed by atoms with Gasteiger partial charge in [-0.2, -0.15) is 0 Å². The Balaban J connectivity index is 2.15. The molecule has 0 saturated carbocycles. The lowest BCUT2D eigenvalue weighted by Crippen LogP contribution is -2.12. The summed E-state index contributed by atoms with van der Waals surface area (Å²) in [5.74, 6) is 0.155. The van der Waals surface area contributed by atoms with Crippen LogP contribution in [0.4, 0.5) is 11.4 Å². The smallest absolute Gasteiger partial charge is 0.202 e. The lowest BCUT2D eigenvalue weighted by atomic mass is 10.3. The number of anilines is 2. The summed E-state index contributed by atoms with van der Waals surface area (Å²) in [6, 6.07) is 8.36. The Morgan fingerprint density at radius 1 is 0.750 bits per heavy atom. The molecule has 8 nitrogen and oxygen atoms in total. The maximum atomic E-state index is 12.1. The van der Waals surface area contributed by atoms with E-state index in [4.69, 9.17) is 20.9 Å². The third kappa shape index (κ3) is 4.84. The first kappa shape index (κ1) is 21.3. The predicted octanol–water partition coefficient (Wildman–Crippen LogP) is 2.14. The lowest BCUT2D eigenvalue weighted by molar-refractivity contribution is 0.210. The number of ether oxygens (including phenoxy) is 2. The molecule has 0 heterocycles. The summed E-state index contributed by atoms with van der Waals surface area (Å²) in [4.78, 5) is -0.241. The van der Waals surface area contributed by atoms with E-state index in [0.717, 1.165) is 10.8 Å². The lowest BCUT2D eigenvalue weighted by Gasteiger charge is -2.14. The van der Waals surface area contributed by atoms with E-state index in [2.05, 4.69) is 13.2 Å². The molecule has 2 aromatic carbocycles. The van der Waals surface area contributed by atoms with Crippen LogP contribution in [-0.4, -0.2) is 30.0 Å². The normalized spacial score (nSPS) is 11.6. The highest BCUT2D eigenvalue weighted by Gasteiger charge is 2.18. The summed E-state index contributed by atoms with van der Waals surface area (Å²) in [5, 5.41) is 1.60. The van der Waals surface area contributed by atoms with Crippen molar-refractivity contribution in [3.05, 3.63) is 60.4 Å². The van der Waals surface area contributed by atoms with Gasteiger partial charge in [-0.15, -0.1) is 0 Å². The van der Waals surface area contributed by atoms with Crippen molar-refractivity contribution in [2.45, 2.75) is 9.79 Å². The zero-order valence-electron chi connectivity index (χ0n) is 14.9. The zero-order chi connectivity index (χ0) is 20.9. The van der Waals surface area contributed by atoms with Crippen LogP contribution in [0.15, 0.2) is 70.2 Å². The zero-order valence-corrected chi connectivity index (χ0v) is 16.5. The van der Waals surface area contributed by atoms with Gasteiger partial charge in [0.15, 0.2) is 0 Å². The molecule has 0 spiro atoms. The van der Waals surface area contributed by atoms with Gasteiger partial charge in [-0.1, -0.05) is 13.2 Å². The van der Waals surface area contributed by atoms with E-state index < -0.39 is 19.7 Å². The number of nitrogen functional groups attached to an aromatic ring is 2. The van der Waals surface area contributed by atoms with Crippen LogP contribution in [0.3, 0.4) is 0 Å². The first-order chi connectivity index (χ1) is 13.1. The van der Waals surface area contributed by atoms with Crippen molar-refractivity contribution >= 4 is 31.0 Å². The van der Waals surface area contributed by atoms with E-state index in [9.17, 15) is 16.8 Å². The van der Waals surface area contributed by atoms with Crippen molar-refractivity contribution in [1.29, 1.82) is 0 Å². The minimum absolute atomic E-state index is 0.0540. The van der Waals surface area contributed by atoms with Crippen LogP contribution in [0.5, 0.6) is 11.5 Å². The van der Waals surface area contributed by atoms with E-state index in [1.54, 1.807) is 0 Å². The molecule has 0 aromatic heterocycles. The second-order valence-electron chi connectivity index (χ2n) is 5.53.